The summed E-state index contributed by atoms with van der Waals surface area (Å²) in [6.45, 7) is 0. The first-order chi connectivity index (χ1) is 10.2. The fourth-order valence-electron chi connectivity index (χ4n) is 1.77. The molecule has 0 atom stereocenters. The summed E-state index contributed by atoms with van der Waals surface area (Å²) < 4.78 is 0. The molecule has 0 saturated carbocycles. The predicted molar refractivity (Wildman–Crippen MR) is 82.2 cm³/mol. The summed E-state index contributed by atoms with van der Waals surface area (Å²) in [6.07, 6.45) is 3.34. The van der Waals surface area contributed by atoms with Gasteiger partial charge >= 0.3 is 0 Å². The number of aromatic nitrogens is 4. The molecular weight excluding hydrogens is 288 g/mol. The smallest absolute Gasteiger partial charge is 0.232 e. The Bertz CT molecular complexity index is 762. The summed E-state index contributed by atoms with van der Waals surface area (Å²) in [5, 5.41) is 3.66. The van der Waals surface area contributed by atoms with Gasteiger partial charge in [-0.1, -0.05) is 23.7 Å². The lowest BCUT2D eigenvalue weighted by molar-refractivity contribution is 1.08. The van der Waals surface area contributed by atoms with E-state index in [0.29, 0.717) is 16.8 Å². The summed E-state index contributed by atoms with van der Waals surface area (Å²) >= 11 is 5.98. The van der Waals surface area contributed by atoms with Gasteiger partial charge in [0.15, 0.2) is 5.82 Å². The van der Waals surface area contributed by atoms with Crippen molar-refractivity contribution < 1.29 is 0 Å². The van der Waals surface area contributed by atoms with Crippen molar-refractivity contribution in [1.82, 2.24) is 19.9 Å². The van der Waals surface area contributed by atoms with E-state index >= 15 is 0 Å². The summed E-state index contributed by atoms with van der Waals surface area (Å²) in [6, 6.07) is 10.8. The first-order valence-corrected chi connectivity index (χ1v) is 6.53. The Hall–Kier alpha value is -2.73. The van der Waals surface area contributed by atoms with Gasteiger partial charge in [-0.2, -0.15) is 15.0 Å². The third-order valence-corrected chi connectivity index (χ3v) is 2.91. The molecule has 3 N–H and O–H groups in total. The number of pyridine rings is 1. The molecule has 1 aromatic carbocycles. The molecule has 6 nitrogen and oxygen atoms in total. The molecule has 7 heteroatoms. The minimum Gasteiger partial charge on any atom is -0.368 e. The highest BCUT2D eigenvalue weighted by atomic mass is 35.5. The molecule has 0 unspecified atom stereocenters. The second-order valence-electron chi connectivity index (χ2n) is 4.21. The van der Waals surface area contributed by atoms with Crippen LogP contribution in [0.1, 0.15) is 0 Å². The van der Waals surface area contributed by atoms with Gasteiger partial charge in [-0.05, 0) is 24.3 Å². The summed E-state index contributed by atoms with van der Waals surface area (Å²) in [5.41, 5.74) is 7.33. The van der Waals surface area contributed by atoms with Crippen LogP contribution >= 0.6 is 11.6 Å². The molecule has 2 heterocycles. The van der Waals surface area contributed by atoms with E-state index in [0.717, 1.165) is 11.3 Å². The van der Waals surface area contributed by atoms with Crippen molar-refractivity contribution in [3.05, 3.63) is 53.8 Å². The monoisotopic (exact) mass is 298 g/mol. The SMILES string of the molecule is Nc1nc(Nc2ccncc2)nc(-c2cccc(Cl)c2)n1. The third kappa shape index (κ3) is 3.24. The predicted octanol–water partition coefficient (Wildman–Crippen LogP) is 2.91. The van der Waals surface area contributed by atoms with Crippen LogP contribution in [0.15, 0.2) is 48.8 Å². The Kier molecular flexibility index (Phi) is 3.61. The van der Waals surface area contributed by atoms with Crippen molar-refractivity contribution in [2.24, 2.45) is 0 Å². The molecule has 0 saturated heterocycles. The van der Waals surface area contributed by atoms with Crippen LogP contribution in [0.5, 0.6) is 0 Å². The van der Waals surface area contributed by atoms with Crippen molar-refractivity contribution in [1.29, 1.82) is 0 Å². The normalized spacial score (nSPS) is 10.3. The molecule has 0 spiro atoms. The molecule has 0 aliphatic heterocycles. The Labute approximate surface area is 126 Å². The zero-order valence-electron chi connectivity index (χ0n) is 10.9. The number of nitrogens with two attached hydrogens (primary N) is 1. The average Bonchev–Trinajstić information content (AvgIpc) is 2.48. The van der Waals surface area contributed by atoms with Gasteiger partial charge in [0, 0.05) is 28.7 Å². The quantitative estimate of drug-likeness (QED) is 0.773. The highest BCUT2D eigenvalue weighted by Gasteiger charge is 2.07. The largest absolute Gasteiger partial charge is 0.368 e. The Morgan fingerprint density at radius 1 is 1.00 bits per heavy atom. The molecule has 0 aliphatic rings. The van der Waals surface area contributed by atoms with Crippen molar-refractivity contribution in [2.75, 3.05) is 11.1 Å². The van der Waals surface area contributed by atoms with Crippen LogP contribution < -0.4 is 11.1 Å². The first-order valence-electron chi connectivity index (χ1n) is 6.15. The van der Waals surface area contributed by atoms with Gasteiger partial charge in [-0.15, -0.1) is 0 Å². The molecule has 0 fully saturated rings. The number of rotatable bonds is 3. The van der Waals surface area contributed by atoms with Crippen LogP contribution in [0, 0.1) is 0 Å². The van der Waals surface area contributed by atoms with E-state index in [9.17, 15) is 0 Å². The molecule has 21 heavy (non-hydrogen) atoms. The molecule has 0 radical (unpaired) electrons. The van der Waals surface area contributed by atoms with Gasteiger partial charge in [0.25, 0.3) is 0 Å². The lowest BCUT2D eigenvalue weighted by Gasteiger charge is -2.07. The third-order valence-electron chi connectivity index (χ3n) is 2.67. The number of nitrogens with one attached hydrogen (secondary N) is 1. The summed E-state index contributed by atoms with van der Waals surface area (Å²) in [4.78, 5) is 16.5. The maximum absolute atomic E-state index is 5.98. The minimum absolute atomic E-state index is 0.136. The van der Waals surface area contributed by atoms with E-state index in [-0.39, 0.29) is 5.95 Å². The molecule has 2 aromatic heterocycles. The van der Waals surface area contributed by atoms with Gasteiger partial charge in [-0.25, -0.2) is 0 Å². The number of hydrogen-bond acceptors (Lipinski definition) is 6. The maximum Gasteiger partial charge on any atom is 0.232 e. The number of nitrogens with zero attached hydrogens (tertiary/aromatic N) is 4. The van der Waals surface area contributed by atoms with Gasteiger partial charge in [0.1, 0.15) is 0 Å². The van der Waals surface area contributed by atoms with Crippen LogP contribution in [0.2, 0.25) is 5.02 Å². The second kappa shape index (κ2) is 5.72. The van der Waals surface area contributed by atoms with Gasteiger partial charge < -0.3 is 11.1 Å². The lowest BCUT2D eigenvalue weighted by Crippen LogP contribution is -2.05. The summed E-state index contributed by atoms with van der Waals surface area (Å²) in [7, 11) is 0. The first kappa shape index (κ1) is 13.3. The van der Waals surface area contributed by atoms with E-state index in [1.165, 1.54) is 0 Å². The number of benzene rings is 1. The highest BCUT2D eigenvalue weighted by molar-refractivity contribution is 6.30. The van der Waals surface area contributed by atoms with Gasteiger partial charge in [0.05, 0.1) is 0 Å². The molecule has 0 amide bonds. The average molecular weight is 299 g/mol. The van der Waals surface area contributed by atoms with Crippen LogP contribution in [-0.4, -0.2) is 19.9 Å². The highest BCUT2D eigenvalue weighted by Crippen LogP contribution is 2.21. The zero-order valence-corrected chi connectivity index (χ0v) is 11.6. The number of anilines is 3. The maximum atomic E-state index is 5.98. The summed E-state index contributed by atoms with van der Waals surface area (Å²) in [5.74, 6) is 0.960. The number of hydrogen-bond donors (Lipinski definition) is 2. The topological polar surface area (TPSA) is 89.6 Å². The van der Waals surface area contributed by atoms with Crippen molar-refractivity contribution in [2.45, 2.75) is 0 Å². The Balaban J connectivity index is 1.97. The standard InChI is InChI=1S/C14H11ClN6/c15-10-3-1-2-9(8-10)12-19-13(16)21-14(20-12)18-11-4-6-17-7-5-11/h1-8H,(H3,16,17,18,19,20,21). The second-order valence-corrected chi connectivity index (χ2v) is 4.65. The minimum atomic E-state index is 0.136. The lowest BCUT2D eigenvalue weighted by atomic mass is 10.2. The molecule has 3 aromatic rings. The van der Waals surface area contributed by atoms with Crippen molar-refractivity contribution >= 4 is 29.2 Å². The van der Waals surface area contributed by atoms with E-state index < -0.39 is 0 Å². The van der Waals surface area contributed by atoms with Crippen molar-refractivity contribution in [3.63, 3.8) is 0 Å². The van der Waals surface area contributed by atoms with Crippen LogP contribution in [0.4, 0.5) is 17.6 Å². The van der Waals surface area contributed by atoms with Gasteiger partial charge in [-0.3, -0.25) is 4.98 Å². The molecule has 0 aliphatic carbocycles. The molecule has 0 bridgehead atoms. The Morgan fingerprint density at radius 3 is 2.57 bits per heavy atom. The van der Waals surface area contributed by atoms with Crippen LogP contribution in [-0.2, 0) is 0 Å². The van der Waals surface area contributed by atoms with Crippen LogP contribution in [0.25, 0.3) is 11.4 Å². The fourth-order valence-corrected chi connectivity index (χ4v) is 1.96. The number of halogens is 1. The molecular formula is C14H11ClN6. The van der Waals surface area contributed by atoms with Crippen LogP contribution in [0.3, 0.4) is 0 Å². The van der Waals surface area contributed by atoms with E-state index in [4.69, 9.17) is 17.3 Å². The van der Waals surface area contributed by atoms with E-state index in [1.54, 1.807) is 36.7 Å². The Morgan fingerprint density at radius 2 is 1.81 bits per heavy atom. The van der Waals surface area contributed by atoms with E-state index in [2.05, 4.69) is 25.3 Å². The molecule has 3 rings (SSSR count). The zero-order chi connectivity index (χ0) is 14.7. The van der Waals surface area contributed by atoms with Gasteiger partial charge in [0.2, 0.25) is 11.9 Å². The fraction of sp³-hybridized carbons (Fsp3) is 0. The van der Waals surface area contributed by atoms with E-state index in [1.807, 2.05) is 12.1 Å². The molecule has 104 valence electrons. The number of nitrogen functional groups attached to an aromatic ring is 1. The van der Waals surface area contributed by atoms with Crippen molar-refractivity contribution in [3.8, 4) is 11.4 Å².